The maximum atomic E-state index is 6.08. The average molecular weight is 226 g/mol. The SMILES string of the molecule is CCC(C)CC(CC)(CN)N(C)CC1CC1. The molecule has 2 N–H and O–H groups in total. The van der Waals surface area contributed by atoms with Crippen molar-refractivity contribution in [2.45, 2.75) is 58.4 Å². The Balaban J connectivity index is 2.59. The average Bonchev–Trinajstić information content (AvgIpc) is 3.09. The van der Waals surface area contributed by atoms with E-state index in [2.05, 4.69) is 32.7 Å². The summed E-state index contributed by atoms with van der Waals surface area (Å²) in [7, 11) is 2.27. The molecule has 0 saturated heterocycles. The Morgan fingerprint density at radius 2 is 2.00 bits per heavy atom. The standard InChI is InChI=1S/C14H30N2/c1-5-12(3)9-14(6-2,11-15)16(4)10-13-7-8-13/h12-13H,5-11,15H2,1-4H3. The van der Waals surface area contributed by atoms with Gasteiger partial charge in [-0.15, -0.1) is 0 Å². The maximum Gasteiger partial charge on any atom is 0.0328 e. The summed E-state index contributed by atoms with van der Waals surface area (Å²) in [5, 5.41) is 0. The fourth-order valence-electron chi connectivity index (χ4n) is 2.63. The summed E-state index contributed by atoms with van der Waals surface area (Å²) in [6.07, 6.45) is 6.55. The molecule has 2 heteroatoms. The molecule has 1 fully saturated rings. The summed E-state index contributed by atoms with van der Waals surface area (Å²) >= 11 is 0. The largest absolute Gasteiger partial charge is 0.329 e. The number of likely N-dealkylation sites (N-methyl/N-ethyl adjacent to an activating group) is 1. The Morgan fingerprint density at radius 1 is 1.38 bits per heavy atom. The zero-order chi connectivity index (χ0) is 12.2. The Hall–Kier alpha value is -0.0800. The van der Waals surface area contributed by atoms with Gasteiger partial charge in [0.15, 0.2) is 0 Å². The van der Waals surface area contributed by atoms with Crippen LogP contribution in [0.2, 0.25) is 0 Å². The molecule has 0 spiro atoms. The predicted octanol–water partition coefficient (Wildman–Crippen LogP) is 2.87. The third kappa shape index (κ3) is 3.46. The minimum atomic E-state index is 0.248. The van der Waals surface area contributed by atoms with Crippen LogP contribution in [0.15, 0.2) is 0 Å². The molecule has 16 heavy (non-hydrogen) atoms. The van der Waals surface area contributed by atoms with E-state index in [-0.39, 0.29) is 5.54 Å². The summed E-state index contributed by atoms with van der Waals surface area (Å²) in [4.78, 5) is 2.55. The van der Waals surface area contributed by atoms with Crippen LogP contribution >= 0.6 is 0 Å². The molecule has 1 saturated carbocycles. The van der Waals surface area contributed by atoms with Crippen LogP contribution in [-0.4, -0.2) is 30.6 Å². The van der Waals surface area contributed by atoms with Crippen molar-refractivity contribution in [3.05, 3.63) is 0 Å². The number of nitrogens with two attached hydrogens (primary N) is 1. The van der Waals surface area contributed by atoms with Crippen molar-refractivity contribution in [3.8, 4) is 0 Å². The molecule has 0 aromatic heterocycles. The van der Waals surface area contributed by atoms with Gasteiger partial charge in [-0.3, -0.25) is 4.90 Å². The Morgan fingerprint density at radius 3 is 2.38 bits per heavy atom. The van der Waals surface area contributed by atoms with E-state index in [0.29, 0.717) is 0 Å². The molecule has 2 unspecified atom stereocenters. The summed E-state index contributed by atoms with van der Waals surface area (Å²) in [5.74, 6) is 1.74. The van der Waals surface area contributed by atoms with Gasteiger partial charge in [0.25, 0.3) is 0 Å². The molecule has 0 aromatic rings. The highest BCUT2D eigenvalue weighted by atomic mass is 15.2. The first-order chi connectivity index (χ1) is 7.57. The highest BCUT2D eigenvalue weighted by Crippen LogP contribution is 2.34. The van der Waals surface area contributed by atoms with Gasteiger partial charge in [-0.05, 0) is 44.6 Å². The number of hydrogen-bond acceptors (Lipinski definition) is 2. The van der Waals surface area contributed by atoms with Gasteiger partial charge < -0.3 is 5.73 Å². The van der Waals surface area contributed by atoms with Crippen LogP contribution in [0.25, 0.3) is 0 Å². The first-order valence-electron chi connectivity index (χ1n) is 6.99. The molecular formula is C14H30N2. The van der Waals surface area contributed by atoms with Gasteiger partial charge in [-0.25, -0.2) is 0 Å². The van der Waals surface area contributed by atoms with Crippen LogP contribution in [0.1, 0.15) is 52.9 Å². The smallest absolute Gasteiger partial charge is 0.0328 e. The van der Waals surface area contributed by atoms with E-state index in [1.165, 1.54) is 38.6 Å². The van der Waals surface area contributed by atoms with Gasteiger partial charge in [-0.2, -0.15) is 0 Å². The quantitative estimate of drug-likeness (QED) is 0.689. The summed E-state index contributed by atoms with van der Waals surface area (Å²) < 4.78 is 0. The molecular weight excluding hydrogens is 196 g/mol. The van der Waals surface area contributed by atoms with E-state index < -0.39 is 0 Å². The van der Waals surface area contributed by atoms with Gasteiger partial charge >= 0.3 is 0 Å². The minimum Gasteiger partial charge on any atom is -0.329 e. The number of hydrogen-bond donors (Lipinski definition) is 1. The lowest BCUT2D eigenvalue weighted by Gasteiger charge is -2.42. The van der Waals surface area contributed by atoms with Crippen molar-refractivity contribution in [1.82, 2.24) is 4.90 Å². The van der Waals surface area contributed by atoms with Crippen LogP contribution < -0.4 is 5.73 Å². The maximum absolute atomic E-state index is 6.08. The zero-order valence-corrected chi connectivity index (χ0v) is 11.6. The lowest BCUT2D eigenvalue weighted by Crippen LogP contribution is -2.53. The second-order valence-electron chi connectivity index (χ2n) is 5.82. The molecule has 0 heterocycles. The topological polar surface area (TPSA) is 29.3 Å². The molecule has 1 aliphatic carbocycles. The Kier molecular flexibility index (Phi) is 5.26. The monoisotopic (exact) mass is 226 g/mol. The second-order valence-corrected chi connectivity index (χ2v) is 5.82. The molecule has 0 radical (unpaired) electrons. The summed E-state index contributed by atoms with van der Waals surface area (Å²) in [5.41, 5.74) is 6.32. The summed E-state index contributed by atoms with van der Waals surface area (Å²) in [6.45, 7) is 8.98. The van der Waals surface area contributed by atoms with Gasteiger partial charge in [0, 0.05) is 18.6 Å². The molecule has 1 rings (SSSR count). The van der Waals surface area contributed by atoms with E-state index in [9.17, 15) is 0 Å². The van der Waals surface area contributed by atoms with Crippen LogP contribution in [0.5, 0.6) is 0 Å². The first kappa shape index (κ1) is 14.0. The highest BCUT2D eigenvalue weighted by Gasteiger charge is 2.35. The van der Waals surface area contributed by atoms with E-state index in [1.54, 1.807) is 0 Å². The van der Waals surface area contributed by atoms with Crippen molar-refractivity contribution < 1.29 is 0 Å². The normalized spacial score (nSPS) is 22.1. The minimum absolute atomic E-state index is 0.248. The van der Waals surface area contributed by atoms with Gasteiger partial charge in [0.1, 0.15) is 0 Å². The molecule has 0 bridgehead atoms. The zero-order valence-electron chi connectivity index (χ0n) is 11.6. The number of nitrogens with zero attached hydrogens (tertiary/aromatic N) is 1. The molecule has 0 aliphatic heterocycles. The highest BCUT2D eigenvalue weighted by molar-refractivity contribution is 4.92. The molecule has 96 valence electrons. The third-order valence-corrected chi connectivity index (χ3v) is 4.50. The molecule has 0 aromatic carbocycles. The van der Waals surface area contributed by atoms with E-state index >= 15 is 0 Å². The predicted molar refractivity (Wildman–Crippen MR) is 71.5 cm³/mol. The second kappa shape index (κ2) is 6.02. The molecule has 1 aliphatic rings. The fourth-order valence-corrected chi connectivity index (χ4v) is 2.63. The van der Waals surface area contributed by atoms with Crippen LogP contribution in [-0.2, 0) is 0 Å². The first-order valence-corrected chi connectivity index (χ1v) is 6.99. The number of rotatable bonds is 8. The molecule has 0 amide bonds. The lowest BCUT2D eigenvalue weighted by molar-refractivity contribution is 0.0879. The summed E-state index contributed by atoms with van der Waals surface area (Å²) in [6, 6.07) is 0. The Labute approximate surface area is 102 Å². The molecule has 2 nitrogen and oxygen atoms in total. The third-order valence-electron chi connectivity index (χ3n) is 4.50. The van der Waals surface area contributed by atoms with E-state index in [4.69, 9.17) is 5.73 Å². The molecule has 2 atom stereocenters. The van der Waals surface area contributed by atoms with Crippen molar-refractivity contribution >= 4 is 0 Å². The van der Waals surface area contributed by atoms with Gasteiger partial charge in [0.05, 0.1) is 0 Å². The van der Waals surface area contributed by atoms with E-state index in [0.717, 1.165) is 18.4 Å². The fraction of sp³-hybridized carbons (Fsp3) is 1.00. The Bertz CT molecular complexity index is 195. The van der Waals surface area contributed by atoms with Crippen LogP contribution in [0.4, 0.5) is 0 Å². The van der Waals surface area contributed by atoms with Crippen molar-refractivity contribution in [3.63, 3.8) is 0 Å². The van der Waals surface area contributed by atoms with Crippen molar-refractivity contribution in [2.75, 3.05) is 20.1 Å². The van der Waals surface area contributed by atoms with Crippen LogP contribution in [0.3, 0.4) is 0 Å². The van der Waals surface area contributed by atoms with Crippen LogP contribution in [0, 0.1) is 11.8 Å². The lowest BCUT2D eigenvalue weighted by atomic mass is 9.83. The van der Waals surface area contributed by atoms with Crippen molar-refractivity contribution in [2.24, 2.45) is 17.6 Å². The van der Waals surface area contributed by atoms with Gasteiger partial charge in [0.2, 0.25) is 0 Å². The van der Waals surface area contributed by atoms with E-state index in [1.807, 2.05) is 0 Å². The van der Waals surface area contributed by atoms with Gasteiger partial charge in [-0.1, -0.05) is 27.2 Å². The van der Waals surface area contributed by atoms with Crippen molar-refractivity contribution in [1.29, 1.82) is 0 Å².